The molecule has 0 heterocycles. The van der Waals surface area contributed by atoms with E-state index in [-0.39, 0.29) is 0 Å². The first-order valence-corrected chi connectivity index (χ1v) is 17.3. The highest BCUT2D eigenvalue weighted by Crippen LogP contribution is 2.46. The summed E-state index contributed by atoms with van der Waals surface area (Å²) >= 11 is 0. The van der Waals surface area contributed by atoms with E-state index in [0.717, 1.165) is 36.5 Å². The molecule has 0 aliphatic heterocycles. The lowest BCUT2D eigenvalue weighted by molar-refractivity contribution is 0.121. The number of nitrogens with zero attached hydrogens (tertiary/aromatic N) is 1. The third-order valence-corrected chi connectivity index (χ3v) is 10.3. The van der Waals surface area contributed by atoms with Crippen LogP contribution in [0.3, 0.4) is 0 Å². The minimum Gasteiger partial charge on any atom is -0.494 e. The summed E-state index contributed by atoms with van der Waals surface area (Å²) in [5, 5.41) is 9.67. The fourth-order valence-electron chi connectivity index (χ4n) is 7.73. The second-order valence-corrected chi connectivity index (χ2v) is 13.2. The van der Waals surface area contributed by atoms with E-state index in [0.29, 0.717) is 11.8 Å². The zero-order valence-corrected chi connectivity index (χ0v) is 25.8. The summed E-state index contributed by atoms with van der Waals surface area (Å²) in [7, 11) is 0. The van der Waals surface area contributed by atoms with Gasteiger partial charge < -0.3 is 4.74 Å². The van der Waals surface area contributed by atoms with Crippen LogP contribution in [0.5, 0.6) is 5.75 Å². The van der Waals surface area contributed by atoms with Crippen LogP contribution in [0.1, 0.15) is 167 Å². The Morgan fingerprint density at radius 1 is 0.692 bits per heavy atom. The van der Waals surface area contributed by atoms with Crippen molar-refractivity contribution in [3.8, 4) is 11.8 Å². The van der Waals surface area contributed by atoms with Crippen molar-refractivity contribution in [1.29, 1.82) is 5.26 Å². The molecule has 0 spiro atoms. The number of benzene rings is 1. The molecule has 2 aliphatic carbocycles. The summed E-state index contributed by atoms with van der Waals surface area (Å²) in [4.78, 5) is 0. The number of hydrogen-bond acceptors (Lipinski definition) is 2. The van der Waals surface area contributed by atoms with Crippen molar-refractivity contribution in [3.63, 3.8) is 0 Å². The highest BCUT2D eigenvalue weighted by molar-refractivity contribution is 5.29. The van der Waals surface area contributed by atoms with Crippen LogP contribution in [-0.4, -0.2) is 6.61 Å². The summed E-state index contributed by atoms with van der Waals surface area (Å²) in [6, 6.07) is 11.6. The Morgan fingerprint density at radius 2 is 1.23 bits per heavy atom. The first kappa shape index (κ1) is 32.0. The fraction of sp³-hybridized carbons (Fsp3) is 0.811. The Bertz CT molecular complexity index is 764. The topological polar surface area (TPSA) is 33.0 Å². The van der Waals surface area contributed by atoms with Crippen LogP contribution < -0.4 is 4.74 Å². The molecule has 0 saturated heterocycles. The Hall–Kier alpha value is -1.49. The number of rotatable bonds is 19. The van der Waals surface area contributed by atoms with Crippen molar-refractivity contribution in [3.05, 3.63) is 29.8 Å². The molecule has 220 valence electrons. The first-order chi connectivity index (χ1) is 19.2. The largest absolute Gasteiger partial charge is 0.494 e. The van der Waals surface area contributed by atoms with Gasteiger partial charge in [-0.2, -0.15) is 5.26 Å². The maximum Gasteiger partial charge on any atom is 0.119 e. The fourth-order valence-corrected chi connectivity index (χ4v) is 7.73. The van der Waals surface area contributed by atoms with E-state index in [1.54, 1.807) is 0 Å². The van der Waals surface area contributed by atoms with Gasteiger partial charge in [0.15, 0.2) is 0 Å². The van der Waals surface area contributed by atoms with E-state index in [2.05, 4.69) is 44.2 Å². The summed E-state index contributed by atoms with van der Waals surface area (Å²) in [6.07, 6.45) is 29.4. The number of nitriles is 1. The standard InChI is InChI=1S/C37H61NO/c1-3-5-7-9-11-13-15-31-16-18-34(19-17-31)37(28-29-38)35-22-20-32(21-23-35)33-24-26-36(27-25-33)39-30-14-12-10-8-6-4-2/h24-27,31-32,34-35,37H,3-23,28,30H2,1-2H3. The van der Waals surface area contributed by atoms with Gasteiger partial charge in [0.05, 0.1) is 12.7 Å². The molecule has 39 heavy (non-hydrogen) atoms. The van der Waals surface area contributed by atoms with E-state index in [1.807, 2.05) is 0 Å². The molecule has 1 unspecified atom stereocenters. The maximum atomic E-state index is 9.67. The molecule has 2 fully saturated rings. The summed E-state index contributed by atoms with van der Waals surface area (Å²) < 4.78 is 6.02. The second kappa shape index (κ2) is 19.6. The minimum absolute atomic E-state index is 0.642. The molecular weight excluding hydrogens is 474 g/mol. The van der Waals surface area contributed by atoms with Crippen LogP contribution in [0.25, 0.3) is 0 Å². The summed E-state index contributed by atoms with van der Waals surface area (Å²) in [6.45, 7) is 5.42. The zero-order chi connectivity index (χ0) is 27.5. The third-order valence-electron chi connectivity index (χ3n) is 10.3. The van der Waals surface area contributed by atoms with Gasteiger partial charge in [-0.25, -0.2) is 0 Å². The molecule has 3 rings (SSSR count). The quantitative estimate of drug-likeness (QED) is 0.165. The number of hydrogen-bond donors (Lipinski definition) is 0. The predicted octanol–water partition coefficient (Wildman–Crippen LogP) is 11.8. The van der Waals surface area contributed by atoms with E-state index < -0.39 is 0 Å². The van der Waals surface area contributed by atoms with Gasteiger partial charge in [-0.15, -0.1) is 0 Å². The van der Waals surface area contributed by atoms with Gasteiger partial charge in [-0.05, 0) is 92.2 Å². The molecule has 1 atom stereocenters. The highest BCUT2D eigenvalue weighted by atomic mass is 16.5. The predicted molar refractivity (Wildman–Crippen MR) is 167 cm³/mol. The Morgan fingerprint density at radius 3 is 1.82 bits per heavy atom. The van der Waals surface area contributed by atoms with Crippen LogP contribution >= 0.6 is 0 Å². The summed E-state index contributed by atoms with van der Waals surface area (Å²) in [5.41, 5.74) is 1.49. The van der Waals surface area contributed by atoms with Crippen molar-refractivity contribution in [2.45, 2.75) is 161 Å². The normalized spacial score (nSPS) is 24.2. The molecule has 1 aromatic rings. The van der Waals surface area contributed by atoms with Gasteiger partial charge in [0.1, 0.15) is 5.75 Å². The van der Waals surface area contributed by atoms with Crippen LogP contribution in [0.15, 0.2) is 24.3 Å². The molecule has 0 N–H and O–H groups in total. The van der Waals surface area contributed by atoms with Gasteiger partial charge in [0.2, 0.25) is 0 Å². The molecule has 0 radical (unpaired) electrons. The van der Waals surface area contributed by atoms with Gasteiger partial charge in [0, 0.05) is 6.42 Å². The highest BCUT2D eigenvalue weighted by Gasteiger charge is 2.35. The number of unbranched alkanes of at least 4 members (excludes halogenated alkanes) is 10. The van der Waals surface area contributed by atoms with E-state index in [1.165, 1.54) is 140 Å². The smallest absolute Gasteiger partial charge is 0.119 e. The molecule has 2 aliphatic rings. The van der Waals surface area contributed by atoms with Gasteiger partial charge in [0.25, 0.3) is 0 Å². The molecule has 2 saturated carbocycles. The molecule has 0 bridgehead atoms. The average Bonchev–Trinajstić information content (AvgIpc) is 2.98. The zero-order valence-electron chi connectivity index (χ0n) is 25.8. The van der Waals surface area contributed by atoms with Crippen molar-refractivity contribution >= 4 is 0 Å². The van der Waals surface area contributed by atoms with Crippen molar-refractivity contribution in [1.82, 2.24) is 0 Å². The maximum absolute atomic E-state index is 9.67. The molecule has 2 heteroatoms. The molecule has 1 aromatic carbocycles. The van der Waals surface area contributed by atoms with Crippen LogP contribution in [-0.2, 0) is 0 Å². The van der Waals surface area contributed by atoms with Crippen LogP contribution in [0.2, 0.25) is 0 Å². The van der Waals surface area contributed by atoms with Crippen molar-refractivity contribution in [2.24, 2.45) is 23.7 Å². The Labute approximate surface area is 242 Å². The lowest BCUT2D eigenvalue weighted by atomic mass is 9.65. The lowest BCUT2D eigenvalue weighted by Crippen LogP contribution is -2.30. The van der Waals surface area contributed by atoms with Crippen LogP contribution in [0.4, 0.5) is 0 Å². The molecule has 0 aromatic heterocycles. The molecular formula is C37H61NO. The van der Waals surface area contributed by atoms with Crippen molar-refractivity contribution in [2.75, 3.05) is 6.61 Å². The lowest BCUT2D eigenvalue weighted by Gasteiger charge is -2.40. The minimum atomic E-state index is 0.642. The van der Waals surface area contributed by atoms with E-state index >= 15 is 0 Å². The van der Waals surface area contributed by atoms with Gasteiger partial charge >= 0.3 is 0 Å². The average molecular weight is 536 g/mol. The van der Waals surface area contributed by atoms with Gasteiger partial charge in [-0.1, -0.05) is 116 Å². The Balaban J connectivity index is 1.35. The monoisotopic (exact) mass is 535 g/mol. The summed E-state index contributed by atoms with van der Waals surface area (Å²) in [5.74, 6) is 4.88. The van der Waals surface area contributed by atoms with E-state index in [9.17, 15) is 5.26 Å². The third kappa shape index (κ3) is 11.9. The van der Waals surface area contributed by atoms with E-state index in [4.69, 9.17) is 4.74 Å². The SMILES string of the molecule is CCCCCCCCOc1ccc(C2CCC(C(CC#N)C3CCC(CCCCCCCC)CC3)CC2)cc1. The van der Waals surface area contributed by atoms with Gasteiger partial charge in [-0.3, -0.25) is 0 Å². The first-order valence-electron chi connectivity index (χ1n) is 17.3. The molecule has 2 nitrogen and oxygen atoms in total. The Kier molecular flexibility index (Phi) is 16.1. The van der Waals surface area contributed by atoms with Crippen LogP contribution in [0, 0.1) is 35.0 Å². The molecule has 0 amide bonds. The second-order valence-electron chi connectivity index (χ2n) is 13.2. The van der Waals surface area contributed by atoms with Crippen molar-refractivity contribution < 1.29 is 4.74 Å². The number of ether oxygens (including phenoxy) is 1.